The Hall–Kier alpha value is -0.700. The molecule has 1 radical (unpaired) electrons. The summed E-state index contributed by atoms with van der Waals surface area (Å²) >= 11 is 0. The summed E-state index contributed by atoms with van der Waals surface area (Å²) in [4.78, 5) is 19.9. The minimum Gasteiger partial charge on any atom is -0.371 e. The number of carbonyl (C=O) groups excluding carboxylic acids is 2. The van der Waals surface area contributed by atoms with Gasteiger partial charge in [-0.25, -0.2) is 0 Å². The van der Waals surface area contributed by atoms with E-state index in [4.69, 9.17) is 4.74 Å². The van der Waals surface area contributed by atoms with Crippen molar-refractivity contribution in [3.63, 3.8) is 0 Å². The van der Waals surface area contributed by atoms with Gasteiger partial charge in [-0.1, -0.05) is 0 Å². The first kappa shape index (κ1) is 9.30. The Bertz CT molecular complexity index is 101. The normalized spacial score (nSPS) is 12.5. The van der Waals surface area contributed by atoms with Crippen LogP contribution >= 0.6 is 0 Å². The van der Waals surface area contributed by atoms with Crippen molar-refractivity contribution in [2.45, 2.75) is 25.9 Å². The van der Waals surface area contributed by atoms with E-state index in [-0.39, 0.29) is 6.42 Å². The SMILES string of the molecule is CCOC(C=O)CC[C]=O. The fraction of sp³-hybridized carbons (Fsp3) is 0.714. The van der Waals surface area contributed by atoms with E-state index in [1.807, 2.05) is 0 Å². The summed E-state index contributed by atoms with van der Waals surface area (Å²) in [7, 11) is 0. The zero-order valence-corrected chi connectivity index (χ0v) is 6.00. The molecular weight excluding hydrogens is 132 g/mol. The molecule has 0 N–H and O–H groups in total. The third-order valence-electron chi connectivity index (χ3n) is 1.06. The molecule has 0 amide bonds. The van der Waals surface area contributed by atoms with E-state index in [1.54, 1.807) is 13.2 Å². The quantitative estimate of drug-likeness (QED) is 0.508. The van der Waals surface area contributed by atoms with Crippen molar-refractivity contribution in [2.24, 2.45) is 0 Å². The van der Waals surface area contributed by atoms with Crippen LogP contribution < -0.4 is 0 Å². The van der Waals surface area contributed by atoms with E-state index in [1.165, 1.54) is 0 Å². The number of carbonyl (C=O) groups is 1. The van der Waals surface area contributed by atoms with Crippen LogP contribution in [0, 0.1) is 0 Å². The van der Waals surface area contributed by atoms with Crippen molar-refractivity contribution >= 4 is 12.6 Å². The lowest BCUT2D eigenvalue weighted by molar-refractivity contribution is -0.118. The Morgan fingerprint density at radius 2 is 2.40 bits per heavy atom. The van der Waals surface area contributed by atoms with Gasteiger partial charge in [0.2, 0.25) is 0 Å². The molecule has 10 heavy (non-hydrogen) atoms. The van der Waals surface area contributed by atoms with Crippen LogP contribution in [-0.4, -0.2) is 25.3 Å². The molecule has 0 aliphatic rings. The van der Waals surface area contributed by atoms with Crippen LogP contribution in [0.15, 0.2) is 0 Å². The molecule has 3 nitrogen and oxygen atoms in total. The van der Waals surface area contributed by atoms with Gasteiger partial charge in [-0.2, -0.15) is 0 Å². The molecule has 0 aromatic rings. The zero-order valence-electron chi connectivity index (χ0n) is 6.00. The maximum absolute atomic E-state index is 10.1. The van der Waals surface area contributed by atoms with Gasteiger partial charge in [0.1, 0.15) is 12.4 Å². The number of hydrogen-bond donors (Lipinski definition) is 0. The summed E-state index contributed by atoms with van der Waals surface area (Å²) in [6, 6.07) is 0. The van der Waals surface area contributed by atoms with Gasteiger partial charge in [0.15, 0.2) is 6.29 Å². The minimum atomic E-state index is -0.425. The molecule has 1 unspecified atom stereocenters. The third-order valence-corrected chi connectivity index (χ3v) is 1.06. The monoisotopic (exact) mass is 143 g/mol. The lowest BCUT2D eigenvalue weighted by Crippen LogP contribution is -2.14. The molecule has 0 fully saturated rings. The van der Waals surface area contributed by atoms with Crippen molar-refractivity contribution in [3.05, 3.63) is 0 Å². The van der Waals surface area contributed by atoms with E-state index in [0.717, 1.165) is 0 Å². The first-order chi connectivity index (χ1) is 4.85. The molecule has 0 heterocycles. The highest BCUT2D eigenvalue weighted by atomic mass is 16.5. The van der Waals surface area contributed by atoms with Gasteiger partial charge in [0, 0.05) is 13.0 Å². The van der Waals surface area contributed by atoms with Gasteiger partial charge < -0.3 is 9.53 Å². The van der Waals surface area contributed by atoms with Crippen molar-refractivity contribution in [1.82, 2.24) is 0 Å². The van der Waals surface area contributed by atoms with E-state index < -0.39 is 6.10 Å². The molecule has 0 aliphatic carbocycles. The predicted molar refractivity (Wildman–Crippen MR) is 36.4 cm³/mol. The smallest absolute Gasteiger partial charge is 0.198 e. The lowest BCUT2D eigenvalue weighted by atomic mass is 10.2. The second-order valence-electron chi connectivity index (χ2n) is 1.81. The van der Waals surface area contributed by atoms with Gasteiger partial charge in [-0.05, 0) is 13.3 Å². The van der Waals surface area contributed by atoms with E-state index in [0.29, 0.717) is 19.3 Å². The summed E-state index contributed by atoms with van der Waals surface area (Å²) in [5.41, 5.74) is 0. The summed E-state index contributed by atoms with van der Waals surface area (Å²) in [5, 5.41) is 0. The highest BCUT2D eigenvalue weighted by molar-refractivity contribution is 5.58. The predicted octanol–water partition coefficient (Wildman–Crippen LogP) is 0.480. The standard InChI is InChI=1S/C7H11O3/c1-2-10-7(6-9)4-3-5-8/h6-7H,2-4H2,1H3. The van der Waals surface area contributed by atoms with Crippen molar-refractivity contribution < 1.29 is 14.3 Å². The molecule has 0 saturated heterocycles. The average molecular weight is 143 g/mol. The fourth-order valence-electron chi connectivity index (χ4n) is 0.606. The summed E-state index contributed by atoms with van der Waals surface area (Å²) in [5.74, 6) is 0. The second-order valence-corrected chi connectivity index (χ2v) is 1.81. The van der Waals surface area contributed by atoms with Crippen molar-refractivity contribution in [1.29, 1.82) is 0 Å². The molecule has 0 aromatic heterocycles. The lowest BCUT2D eigenvalue weighted by Gasteiger charge is -2.06. The topological polar surface area (TPSA) is 43.4 Å². The third kappa shape index (κ3) is 4.21. The Morgan fingerprint density at radius 1 is 1.70 bits per heavy atom. The van der Waals surface area contributed by atoms with Crippen LogP contribution in [0.2, 0.25) is 0 Å². The molecule has 1 atom stereocenters. The van der Waals surface area contributed by atoms with Gasteiger partial charge in [0.25, 0.3) is 0 Å². The molecule has 0 rings (SSSR count). The maximum atomic E-state index is 10.1. The van der Waals surface area contributed by atoms with Crippen LogP contribution in [0.5, 0.6) is 0 Å². The van der Waals surface area contributed by atoms with Crippen LogP contribution in [0.25, 0.3) is 0 Å². The number of rotatable bonds is 6. The fourth-order valence-corrected chi connectivity index (χ4v) is 0.606. The Labute approximate surface area is 60.4 Å². The van der Waals surface area contributed by atoms with Gasteiger partial charge in [-0.3, -0.25) is 4.79 Å². The molecule has 0 saturated carbocycles. The Morgan fingerprint density at radius 3 is 2.80 bits per heavy atom. The second kappa shape index (κ2) is 6.42. The minimum absolute atomic E-state index is 0.267. The Balaban J connectivity index is 3.38. The molecule has 3 heteroatoms. The molecular formula is C7H11O3. The number of hydrogen-bond acceptors (Lipinski definition) is 3. The highest BCUT2D eigenvalue weighted by Gasteiger charge is 2.04. The molecule has 0 aromatic carbocycles. The zero-order chi connectivity index (χ0) is 7.82. The van der Waals surface area contributed by atoms with E-state index in [9.17, 15) is 9.59 Å². The Kier molecular flexibility index (Phi) is 5.97. The maximum Gasteiger partial charge on any atom is 0.198 e. The number of ether oxygens (including phenoxy) is 1. The summed E-state index contributed by atoms with van der Waals surface area (Å²) in [6.07, 6.45) is 2.70. The summed E-state index contributed by atoms with van der Waals surface area (Å²) < 4.78 is 4.95. The van der Waals surface area contributed by atoms with Crippen LogP contribution in [0.1, 0.15) is 19.8 Å². The average Bonchev–Trinajstić information content (AvgIpc) is 1.98. The first-order valence-corrected chi connectivity index (χ1v) is 3.27. The first-order valence-electron chi connectivity index (χ1n) is 3.27. The van der Waals surface area contributed by atoms with Crippen LogP contribution in [0.3, 0.4) is 0 Å². The van der Waals surface area contributed by atoms with Gasteiger partial charge in [0.05, 0.1) is 0 Å². The highest BCUT2D eigenvalue weighted by Crippen LogP contribution is 1.96. The van der Waals surface area contributed by atoms with Crippen molar-refractivity contribution in [2.75, 3.05) is 6.61 Å². The summed E-state index contributed by atoms with van der Waals surface area (Å²) in [6.45, 7) is 2.31. The van der Waals surface area contributed by atoms with Crippen LogP contribution in [-0.2, 0) is 14.3 Å². The number of aldehydes is 1. The van der Waals surface area contributed by atoms with Crippen LogP contribution in [0.4, 0.5) is 0 Å². The van der Waals surface area contributed by atoms with Gasteiger partial charge >= 0.3 is 0 Å². The van der Waals surface area contributed by atoms with Gasteiger partial charge in [-0.15, -0.1) is 0 Å². The van der Waals surface area contributed by atoms with Crippen molar-refractivity contribution in [3.8, 4) is 0 Å². The molecule has 0 bridgehead atoms. The van der Waals surface area contributed by atoms with E-state index in [2.05, 4.69) is 0 Å². The molecule has 57 valence electrons. The largest absolute Gasteiger partial charge is 0.371 e. The molecule has 0 spiro atoms. The van der Waals surface area contributed by atoms with E-state index >= 15 is 0 Å². The molecule has 0 aliphatic heterocycles.